The number of carbonyl (C=O) groups is 2. The van der Waals surface area contributed by atoms with E-state index in [4.69, 9.17) is 5.73 Å². The Labute approximate surface area is 98.8 Å². The number of carbonyl (C=O) groups excluding carboxylic acids is 2. The van der Waals surface area contributed by atoms with Crippen molar-refractivity contribution in [3.63, 3.8) is 0 Å². The quantitative estimate of drug-likeness (QED) is 0.783. The van der Waals surface area contributed by atoms with E-state index in [1.165, 1.54) is 4.90 Å². The van der Waals surface area contributed by atoms with Crippen molar-refractivity contribution in [2.24, 2.45) is 5.73 Å². The molecule has 0 radical (unpaired) electrons. The fourth-order valence-electron chi connectivity index (χ4n) is 1.92. The summed E-state index contributed by atoms with van der Waals surface area (Å²) in [6.45, 7) is 0.548. The molecule has 3 N–H and O–H groups in total. The number of hydrogen-bond acceptors (Lipinski definition) is 3. The summed E-state index contributed by atoms with van der Waals surface area (Å²) in [4.78, 5) is 28.5. The van der Waals surface area contributed by atoms with Gasteiger partial charge in [0.05, 0.1) is 0 Å². The monoisotopic (exact) mass is 234 g/mol. The van der Waals surface area contributed by atoms with Crippen molar-refractivity contribution in [3.8, 4) is 0 Å². The molecule has 0 aromatic carbocycles. The van der Waals surface area contributed by atoms with E-state index in [9.17, 15) is 9.59 Å². The summed E-state index contributed by atoms with van der Waals surface area (Å²) >= 11 is 0. The third kappa shape index (κ3) is 2.52. The molecule has 0 aliphatic carbocycles. The minimum Gasteiger partial charge on any atom is -0.368 e. The second-order valence-corrected chi connectivity index (χ2v) is 3.90. The maximum Gasteiger partial charge on any atom is 0.323 e. The molecule has 17 heavy (non-hydrogen) atoms. The minimum atomic E-state index is -0.501. The number of urea groups is 1. The molecule has 1 unspecified atom stereocenters. The molecule has 1 aliphatic heterocycles. The summed E-state index contributed by atoms with van der Waals surface area (Å²) in [6, 6.07) is 4.40. The van der Waals surface area contributed by atoms with Crippen LogP contribution in [0.25, 0.3) is 0 Å². The van der Waals surface area contributed by atoms with Crippen molar-refractivity contribution in [1.82, 2.24) is 9.88 Å². The van der Waals surface area contributed by atoms with Gasteiger partial charge in [-0.05, 0) is 25.0 Å². The first-order chi connectivity index (χ1) is 8.18. The first-order valence-corrected chi connectivity index (χ1v) is 5.46. The highest BCUT2D eigenvalue weighted by Gasteiger charge is 2.32. The average molecular weight is 234 g/mol. The SMILES string of the molecule is NC(=O)C1CCCN1C(=O)Nc1ccccn1. The number of anilines is 1. The van der Waals surface area contributed by atoms with E-state index in [0.29, 0.717) is 18.8 Å². The normalized spacial score (nSPS) is 19.1. The van der Waals surface area contributed by atoms with Crippen molar-refractivity contribution in [2.45, 2.75) is 18.9 Å². The Morgan fingerprint density at radius 3 is 2.94 bits per heavy atom. The molecule has 1 aromatic rings. The number of rotatable bonds is 2. The number of primary amides is 1. The second kappa shape index (κ2) is 4.82. The van der Waals surface area contributed by atoms with Crippen LogP contribution < -0.4 is 11.1 Å². The molecule has 6 heteroatoms. The van der Waals surface area contributed by atoms with E-state index >= 15 is 0 Å². The lowest BCUT2D eigenvalue weighted by Crippen LogP contribution is -2.45. The van der Waals surface area contributed by atoms with Gasteiger partial charge in [-0.2, -0.15) is 0 Å². The minimum absolute atomic E-state index is 0.329. The highest BCUT2D eigenvalue weighted by molar-refractivity contribution is 5.93. The Bertz CT molecular complexity index is 421. The molecule has 90 valence electrons. The van der Waals surface area contributed by atoms with Gasteiger partial charge in [0.1, 0.15) is 11.9 Å². The van der Waals surface area contributed by atoms with Gasteiger partial charge in [0.2, 0.25) is 5.91 Å². The second-order valence-electron chi connectivity index (χ2n) is 3.90. The molecular formula is C11H14N4O2. The molecule has 0 saturated carbocycles. The Morgan fingerprint density at radius 2 is 2.29 bits per heavy atom. The summed E-state index contributed by atoms with van der Waals surface area (Å²) in [5, 5.41) is 2.64. The van der Waals surface area contributed by atoms with Crippen molar-refractivity contribution < 1.29 is 9.59 Å². The smallest absolute Gasteiger partial charge is 0.323 e. The Hall–Kier alpha value is -2.11. The molecule has 6 nitrogen and oxygen atoms in total. The van der Waals surface area contributed by atoms with Crippen LogP contribution in [-0.2, 0) is 4.79 Å². The van der Waals surface area contributed by atoms with Crippen LogP contribution in [0.15, 0.2) is 24.4 Å². The van der Waals surface area contributed by atoms with Crippen LogP contribution in [0.2, 0.25) is 0 Å². The lowest BCUT2D eigenvalue weighted by Gasteiger charge is -2.22. The van der Waals surface area contributed by atoms with Gasteiger partial charge in [0.25, 0.3) is 0 Å². The summed E-state index contributed by atoms with van der Waals surface area (Å²) in [5.74, 6) is 0.00583. The van der Waals surface area contributed by atoms with Crippen LogP contribution in [0.3, 0.4) is 0 Å². The third-order valence-electron chi connectivity index (χ3n) is 2.74. The molecule has 2 heterocycles. The van der Waals surface area contributed by atoms with Crippen LogP contribution >= 0.6 is 0 Å². The van der Waals surface area contributed by atoms with Crippen LogP contribution in [-0.4, -0.2) is 34.4 Å². The van der Waals surface area contributed by atoms with Crippen LogP contribution in [0.4, 0.5) is 10.6 Å². The molecule has 1 aliphatic rings. The molecule has 1 fully saturated rings. The van der Waals surface area contributed by atoms with E-state index in [0.717, 1.165) is 6.42 Å². The Balaban J connectivity index is 2.03. The molecule has 1 saturated heterocycles. The van der Waals surface area contributed by atoms with Gasteiger partial charge in [-0.15, -0.1) is 0 Å². The zero-order valence-corrected chi connectivity index (χ0v) is 9.30. The van der Waals surface area contributed by atoms with Crippen molar-refractivity contribution >= 4 is 17.8 Å². The Kier molecular flexibility index (Phi) is 3.22. The van der Waals surface area contributed by atoms with Crippen LogP contribution in [0.1, 0.15) is 12.8 Å². The van der Waals surface area contributed by atoms with Crippen LogP contribution in [0.5, 0.6) is 0 Å². The predicted molar refractivity (Wildman–Crippen MR) is 62.2 cm³/mol. The summed E-state index contributed by atoms with van der Waals surface area (Å²) in [5.41, 5.74) is 5.24. The summed E-state index contributed by atoms with van der Waals surface area (Å²) in [6.07, 6.45) is 3.01. The maximum absolute atomic E-state index is 11.9. The Morgan fingerprint density at radius 1 is 1.47 bits per heavy atom. The molecule has 3 amide bonds. The van der Waals surface area contributed by atoms with E-state index in [-0.39, 0.29) is 6.03 Å². The molecular weight excluding hydrogens is 220 g/mol. The van der Waals surface area contributed by atoms with E-state index in [1.54, 1.807) is 24.4 Å². The van der Waals surface area contributed by atoms with E-state index < -0.39 is 11.9 Å². The molecule has 0 spiro atoms. The largest absolute Gasteiger partial charge is 0.368 e. The number of pyridine rings is 1. The van der Waals surface area contributed by atoms with Gasteiger partial charge in [-0.25, -0.2) is 9.78 Å². The van der Waals surface area contributed by atoms with Crippen LogP contribution in [0, 0.1) is 0 Å². The number of nitrogens with one attached hydrogen (secondary N) is 1. The van der Waals surface area contributed by atoms with Gasteiger partial charge in [0.15, 0.2) is 0 Å². The highest BCUT2D eigenvalue weighted by Crippen LogP contribution is 2.17. The lowest BCUT2D eigenvalue weighted by molar-refractivity contribution is -0.121. The fourth-order valence-corrected chi connectivity index (χ4v) is 1.92. The maximum atomic E-state index is 11.9. The molecule has 2 rings (SSSR count). The predicted octanol–water partition coefficient (Wildman–Crippen LogP) is 0.563. The first-order valence-electron chi connectivity index (χ1n) is 5.46. The topological polar surface area (TPSA) is 88.3 Å². The van der Waals surface area contributed by atoms with Gasteiger partial charge in [0, 0.05) is 12.7 Å². The zero-order valence-electron chi connectivity index (χ0n) is 9.30. The van der Waals surface area contributed by atoms with Crippen molar-refractivity contribution in [3.05, 3.63) is 24.4 Å². The number of nitrogens with zero attached hydrogens (tertiary/aromatic N) is 2. The molecule has 1 aromatic heterocycles. The standard InChI is InChI=1S/C11H14N4O2/c12-10(16)8-4-3-7-15(8)11(17)14-9-5-1-2-6-13-9/h1-2,5-6,8H,3-4,7H2,(H2,12,16)(H,13,14,17). The third-order valence-corrected chi connectivity index (χ3v) is 2.74. The van der Waals surface area contributed by atoms with E-state index in [1.807, 2.05) is 0 Å². The number of aromatic nitrogens is 1. The summed E-state index contributed by atoms with van der Waals surface area (Å²) in [7, 11) is 0. The number of hydrogen-bond donors (Lipinski definition) is 2. The van der Waals surface area contributed by atoms with Gasteiger partial charge in [-0.3, -0.25) is 10.1 Å². The lowest BCUT2D eigenvalue weighted by atomic mass is 10.2. The van der Waals surface area contributed by atoms with Gasteiger partial charge >= 0.3 is 6.03 Å². The van der Waals surface area contributed by atoms with Gasteiger partial charge in [-0.1, -0.05) is 6.07 Å². The highest BCUT2D eigenvalue weighted by atomic mass is 16.2. The van der Waals surface area contributed by atoms with Gasteiger partial charge < -0.3 is 10.6 Å². The fraction of sp³-hybridized carbons (Fsp3) is 0.364. The molecule has 0 bridgehead atoms. The van der Waals surface area contributed by atoms with E-state index in [2.05, 4.69) is 10.3 Å². The van der Waals surface area contributed by atoms with Crippen molar-refractivity contribution in [1.29, 1.82) is 0 Å². The number of amides is 3. The number of likely N-dealkylation sites (tertiary alicyclic amines) is 1. The molecule has 1 atom stereocenters. The number of nitrogens with two attached hydrogens (primary N) is 1. The average Bonchev–Trinajstić information content (AvgIpc) is 2.79. The van der Waals surface area contributed by atoms with Crippen molar-refractivity contribution in [2.75, 3.05) is 11.9 Å². The summed E-state index contributed by atoms with van der Waals surface area (Å²) < 4.78 is 0. The first kappa shape index (κ1) is 11.4. The zero-order chi connectivity index (χ0) is 12.3.